The van der Waals surface area contributed by atoms with Gasteiger partial charge in [-0.1, -0.05) is 26.5 Å². The Morgan fingerprint density at radius 1 is 0.854 bits per heavy atom. The van der Waals surface area contributed by atoms with Crippen LogP contribution >= 0.6 is 0 Å². The monoisotopic (exact) mass is 677 g/mol. The quantitative estimate of drug-likeness (QED) is 0.0556. The van der Waals surface area contributed by atoms with E-state index in [1.807, 2.05) is 0 Å². The van der Waals surface area contributed by atoms with E-state index in [2.05, 4.69) is 48.8 Å². The average molecular weight is 678 g/mol. The Balaban J connectivity index is 3.10. The zero-order valence-electron chi connectivity index (χ0n) is 28.8. The van der Waals surface area contributed by atoms with E-state index in [0.717, 1.165) is 0 Å². The van der Waals surface area contributed by atoms with Crippen LogP contribution in [0, 0.1) is 5.92 Å². The van der Waals surface area contributed by atoms with Gasteiger partial charge in [-0.05, 0) is 39.3 Å². The van der Waals surface area contributed by atoms with Crippen molar-refractivity contribution in [3.63, 3.8) is 0 Å². The van der Waals surface area contributed by atoms with Crippen LogP contribution in [0.2, 0.25) is 0 Å². The summed E-state index contributed by atoms with van der Waals surface area (Å²) in [6, 6.07) is -5.40. The van der Waals surface area contributed by atoms with Crippen LogP contribution in [-0.4, -0.2) is 108 Å². The van der Waals surface area contributed by atoms with Gasteiger partial charge < -0.3 is 46.5 Å². The molecule has 1 aromatic rings. The first kappa shape index (κ1) is 41.2. The number of hydrogen-bond donors (Lipinski definition) is 7. The molecule has 1 heterocycles. The minimum absolute atomic E-state index is 0.00959. The standard InChI is InChI=1S/C31H51N9O8/c1-9-14-48-25(42)11-10-22(36-20(5)41)29(45)38-24(15-21-16-34-17-40(21)8)30(46)35-19(4)27(43)39-26(18(2)3)31(47)37-23(12-13-32-6)28(44)33-7/h9,16-19,22-24,26,32H,1,10-15H2,2-8H3,(H,33,44)(H,35,46)(H,36,41)(H,37,47)(H,38,45)(H,39,43)/t19-,22-,23-,24-,26-/m0/s1. The molecular weight excluding hydrogens is 626 g/mol. The summed E-state index contributed by atoms with van der Waals surface area (Å²) >= 11 is 0. The van der Waals surface area contributed by atoms with E-state index in [9.17, 15) is 33.6 Å². The maximum absolute atomic E-state index is 13.5. The summed E-state index contributed by atoms with van der Waals surface area (Å²) < 4.78 is 6.59. The van der Waals surface area contributed by atoms with Gasteiger partial charge in [-0.3, -0.25) is 33.6 Å². The van der Waals surface area contributed by atoms with Crippen molar-refractivity contribution in [3.8, 4) is 0 Å². The highest BCUT2D eigenvalue weighted by Gasteiger charge is 2.32. The summed E-state index contributed by atoms with van der Waals surface area (Å²) in [4.78, 5) is 93.4. The fraction of sp³-hybridized carbons (Fsp3) is 0.613. The van der Waals surface area contributed by atoms with Crippen LogP contribution in [-0.2, 0) is 51.8 Å². The van der Waals surface area contributed by atoms with Crippen LogP contribution in [0.5, 0.6) is 0 Å². The Kier molecular flexibility index (Phi) is 18.2. The minimum Gasteiger partial charge on any atom is -0.461 e. The number of aromatic nitrogens is 2. The molecule has 0 aliphatic carbocycles. The molecule has 0 saturated carbocycles. The first-order valence-electron chi connectivity index (χ1n) is 15.7. The second kappa shape index (κ2) is 21.1. The zero-order valence-corrected chi connectivity index (χ0v) is 28.8. The van der Waals surface area contributed by atoms with E-state index in [4.69, 9.17) is 4.74 Å². The van der Waals surface area contributed by atoms with Gasteiger partial charge in [0, 0.05) is 45.8 Å². The SMILES string of the molecule is C=CCOC(=O)CC[C@H](NC(C)=O)C(=O)N[C@@H](Cc1cncn1C)C(=O)N[C@@H](C)C(=O)N[C@H](C(=O)N[C@@H](CCNC)C(=O)NC)C(C)C. The number of amides is 6. The third-order valence-corrected chi connectivity index (χ3v) is 7.22. The van der Waals surface area contributed by atoms with Gasteiger partial charge in [-0.25, -0.2) is 4.98 Å². The number of nitrogens with one attached hydrogen (secondary N) is 7. The van der Waals surface area contributed by atoms with E-state index >= 15 is 0 Å². The highest BCUT2D eigenvalue weighted by atomic mass is 16.5. The number of rotatable bonds is 21. The molecule has 0 fully saturated rings. The van der Waals surface area contributed by atoms with Crippen LogP contribution in [0.15, 0.2) is 25.2 Å². The number of imidazole rings is 1. The molecule has 5 atom stereocenters. The molecule has 17 nitrogen and oxygen atoms in total. The van der Waals surface area contributed by atoms with Gasteiger partial charge in [0.15, 0.2) is 0 Å². The van der Waals surface area contributed by atoms with Gasteiger partial charge in [-0.2, -0.15) is 0 Å². The number of aryl methyl sites for hydroxylation is 1. The molecule has 17 heteroatoms. The predicted molar refractivity (Wildman–Crippen MR) is 176 cm³/mol. The van der Waals surface area contributed by atoms with Crippen molar-refractivity contribution >= 4 is 41.4 Å². The zero-order chi connectivity index (χ0) is 36.4. The molecule has 0 saturated heterocycles. The number of ether oxygens (including phenoxy) is 1. The molecule has 48 heavy (non-hydrogen) atoms. The molecule has 1 aromatic heterocycles. The Labute approximate surface area is 281 Å². The molecule has 0 aliphatic heterocycles. The topological polar surface area (TPSA) is 231 Å². The number of carbonyl (C=O) groups excluding carboxylic acids is 7. The number of nitrogens with zero attached hydrogens (tertiary/aromatic N) is 2. The van der Waals surface area contributed by atoms with Crippen LogP contribution in [0.3, 0.4) is 0 Å². The Morgan fingerprint density at radius 2 is 1.48 bits per heavy atom. The van der Waals surface area contributed by atoms with E-state index < -0.39 is 65.7 Å². The van der Waals surface area contributed by atoms with Crippen molar-refractivity contribution in [2.24, 2.45) is 13.0 Å². The summed E-state index contributed by atoms with van der Waals surface area (Å²) in [6.45, 7) is 10.00. The summed E-state index contributed by atoms with van der Waals surface area (Å²) in [5.74, 6) is -4.59. The molecule has 0 spiro atoms. The van der Waals surface area contributed by atoms with Crippen molar-refractivity contribution in [1.82, 2.24) is 46.8 Å². The van der Waals surface area contributed by atoms with Crippen LogP contribution < -0.4 is 37.2 Å². The van der Waals surface area contributed by atoms with Crippen molar-refractivity contribution in [3.05, 3.63) is 30.9 Å². The van der Waals surface area contributed by atoms with Crippen molar-refractivity contribution in [2.75, 3.05) is 27.2 Å². The lowest BCUT2D eigenvalue weighted by Crippen LogP contribution is -2.59. The van der Waals surface area contributed by atoms with Gasteiger partial charge in [0.25, 0.3) is 0 Å². The largest absolute Gasteiger partial charge is 0.461 e. The van der Waals surface area contributed by atoms with Gasteiger partial charge >= 0.3 is 5.97 Å². The van der Waals surface area contributed by atoms with Crippen LogP contribution in [0.1, 0.15) is 52.7 Å². The van der Waals surface area contributed by atoms with Gasteiger partial charge in [0.05, 0.1) is 6.33 Å². The minimum atomic E-state index is -1.23. The molecule has 6 amide bonds. The lowest BCUT2D eigenvalue weighted by atomic mass is 10.0. The van der Waals surface area contributed by atoms with Crippen molar-refractivity contribution in [2.45, 2.75) is 83.6 Å². The third-order valence-electron chi connectivity index (χ3n) is 7.22. The summed E-state index contributed by atoms with van der Waals surface area (Å²) in [6.07, 6.45) is 4.42. The van der Waals surface area contributed by atoms with Crippen molar-refractivity contribution in [1.29, 1.82) is 0 Å². The maximum atomic E-state index is 13.5. The summed E-state index contributed by atoms with van der Waals surface area (Å²) in [5.41, 5.74) is 0.581. The summed E-state index contributed by atoms with van der Waals surface area (Å²) in [5, 5.41) is 18.4. The second-order valence-electron chi connectivity index (χ2n) is 11.6. The lowest BCUT2D eigenvalue weighted by Gasteiger charge is -2.27. The molecular formula is C31H51N9O8. The first-order chi connectivity index (χ1) is 22.6. The molecule has 0 aromatic carbocycles. The molecule has 0 aliphatic rings. The molecule has 0 unspecified atom stereocenters. The highest BCUT2D eigenvalue weighted by Crippen LogP contribution is 2.08. The fourth-order valence-electron chi connectivity index (χ4n) is 4.46. The Morgan fingerprint density at radius 3 is 2.02 bits per heavy atom. The molecule has 0 bridgehead atoms. The highest BCUT2D eigenvalue weighted by molar-refractivity contribution is 5.96. The third kappa shape index (κ3) is 14.3. The first-order valence-corrected chi connectivity index (χ1v) is 15.7. The second-order valence-corrected chi connectivity index (χ2v) is 11.6. The Bertz CT molecular complexity index is 1280. The molecule has 7 N–H and O–H groups in total. The smallest absolute Gasteiger partial charge is 0.306 e. The maximum Gasteiger partial charge on any atom is 0.306 e. The number of esters is 1. The van der Waals surface area contributed by atoms with Crippen LogP contribution in [0.25, 0.3) is 0 Å². The molecule has 0 radical (unpaired) electrons. The number of hydrogen-bond acceptors (Lipinski definition) is 10. The van der Waals surface area contributed by atoms with E-state index in [0.29, 0.717) is 18.7 Å². The molecule has 268 valence electrons. The number of likely N-dealkylation sites (N-methyl/N-ethyl adjacent to an activating group) is 1. The predicted octanol–water partition coefficient (Wildman–Crippen LogP) is -2.05. The normalized spacial score (nSPS) is 13.9. The lowest BCUT2D eigenvalue weighted by molar-refractivity contribution is -0.143. The van der Waals surface area contributed by atoms with Crippen molar-refractivity contribution < 1.29 is 38.3 Å². The van der Waals surface area contributed by atoms with Gasteiger partial charge in [0.1, 0.15) is 36.8 Å². The average Bonchev–Trinajstić information content (AvgIpc) is 3.44. The molecule has 1 rings (SSSR count). The van der Waals surface area contributed by atoms with Crippen LogP contribution in [0.4, 0.5) is 0 Å². The van der Waals surface area contributed by atoms with E-state index in [1.54, 1.807) is 32.5 Å². The summed E-state index contributed by atoms with van der Waals surface area (Å²) in [7, 11) is 4.88. The van der Waals surface area contributed by atoms with E-state index in [1.165, 1.54) is 39.5 Å². The Hall–Kier alpha value is -4.80. The van der Waals surface area contributed by atoms with Gasteiger partial charge in [0.2, 0.25) is 35.4 Å². The fourth-order valence-corrected chi connectivity index (χ4v) is 4.46. The number of carbonyl (C=O) groups is 7. The van der Waals surface area contributed by atoms with E-state index in [-0.39, 0.29) is 37.7 Å². The van der Waals surface area contributed by atoms with Gasteiger partial charge in [-0.15, -0.1) is 0 Å².